The molecule has 0 bridgehead atoms. The highest BCUT2D eigenvalue weighted by Crippen LogP contribution is 2.37. The van der Waals surface area contributed by atoms with Gasteiger partial charge in [0.25, 0.3) is 0 Å². The Morgan fingerprint density at radius 2 is 1.64 bits per heavy atom. The molecule has 0 atom stereocenters. The highest BCUT2D eigenvalue weighted by molar-refractivity contribution is 6.63. The summed E-state index contributed by atoms with van der Waals surface area (Å²) in [5.41, 5.74) is 0.289. The second kappa shape index (κ2) is 6.61. The summed E-state index contributed by atoms with van der Waals surface area (Å²) in [4.78, 5) is 2.16. The third-order valence-corrected chi connectivity index (χ3v) is 4.43. The van der Waals surface area contributed by atoms with Gasteiger partial charge >= 0.3 is 7.12 Å². The van der Waals surface area contributed by atoms with Gasteiger partial charge in [0, 0.05) is 12.0 Å². The van der Waals surface area contributed by atoms with Gasteiger partial charge in [0.1, 0.15) is 5.75 Å². The Kier molecular flexibility index (Phi) is 5.20. The molecule has 1 aromatic rings. The van der Waals surface area contributed by atoms with Gasteiger partial charge < -0.3 is 18.9 Å². The Morgan fingerprint density at radius 3 is 2.23 bits per heavy atom. The average Bonchev–Trinajstić information content (AvgIpc) is 2.64. The van der Waals surface area contributed by atoms with Crippen molar-refractivity contribution in [2.45, 2.75) is 45.3 Å². The van der Waals surface area contributed by atoms with Crippen molar-refractivity contribution in [1.82, 2.24) is 4.90 Å². The van der Waals surface area contributed by atoms with E-state index in [0.717, 1.165) is 24.2 Å². The fourth-order valence-corrected chi connectivity index (χ4v) is 2.34. The van der Waals surface area contributed by atoms with Crippen LogP contribution in [-0.2, 0) is 9.31 Å². The summed E-state index contributed by atoms with van der Waals surface area (Å²) in [5, 5.41) is 0. The molecule has 22 heavy (non-hydrogen) atoms. The van der Waals surface area contributed by atoms with Crippen LogP contribution in [0.1, 0.15) is 34.1 Å². The topological polar surface area (TPSA) is 30.9 Å². The molecule has 0 unspecified atom stereocenters. The molecule has 2 rings (SSSR count). The number of ether oxygens (including phenoxy) is 1. The van der Waals surface area contributed by atoms with Gasteiger partial charge in [-0.2, -0.15) is 0 Å². The Labute approximate surface area is 134 Å². The Bertz CT molecular complexity index is 486. The van der Waals surface area contributed by atoms with Gasteiger partial charge in [-0.25, -0.2) is 0 Å². The minimum Gasteiger partial charge on any atom is -0.494 e. The maximum absolute atomic E-state index is 6.12. The maximum atomic E-state index is 6.12. The summed E-state index contributed by atoms with van der Waals surface area (Å²) in [6.07, 6.45) is 0.991. The summed E-state index contributed by atoms with van der Waals surface area (Å²) >= 11 is 0. The third kappa shape index (κ3) is 3.83. The van der Waals surface area contributed by atoms with E-state index in [9.17, 15) is 0 Å². The van der Waals surface area contributed by atoms with E-state index in [-0.39, 0.29) is 18.3 Å². The van der Waals surface area contributed by atoms with Gasteiger partial charge in [0.15, 0.2) is 0 Å². The smallest absolute Gasteiger partial charge is 0.494 e. The molecule has 122 valence electrons. The summed E-state index contributed by atoms with van der Waals surface area (Å²) in [5.74, 6) is 0.847. The first-order valence-electron chi connectivity index (χ1n) is 7.95. The number of hydrogen-bond acceptors (Lipinski definition) is 4. The first-order valence-corrected chi connectivity index (χ1v) is 7.95. The largest absolute Gasteiger partial charge is 0.498 e. The van der Waals surface area contributed by atoms with Crippen LogP contribution < -0.4 is 10.2 Å². The second-order valence-electron chi connectivity index (χ2n) is 7.13. The number of nitrogens with zero attached hydrogens (tertiary/aromatic N) is 1. The number of hydrogen-bond donors (Lipinski definition) is 0. The van der Waals surface area contributed by atoms with Crippen molar-refractivity contribution >= 4 is 12.6 Å². The molecule has 0 amide bonds. The molecule has 0 aliphatic carbocycles. The molecule has 1 heterocycles. The standard InChI is InChI=1S/C17H28BNO3/c1-16(2)17(3,4)22-18(21-16)14-10-7-8-11-15(14)20-13-9-12-19(5)6/h7-8,10-11H,9,12-13H2,1-6H3. The van der Waals surface area contributed by atoms with Gasteiger partial charge in [0.05, 0.1) is 17.8 Å². The molecule has 1 saturated heterocycles. The SMILES string of the molecule is CN(C)CCCOc1ccccc1B1OC(C)(C)C(C)(C)O1. The van der Waals surface area contributed by atoms with E-state index in [1.807, 2.05) is 24.3 Å². The molecule has 1 aliphatic heterocycles. The highest BCUT2D eigenvalue weighted by atomic mass is 16.7. The molecule has 0 radical (unpaired) electrons. The van der Waals surface area contributed by atoms with E-state index < -0.39 is 0 Å². The van der Waals surface area contributed by atoms with E-state index in [2.05, 4.69) is 46.7 Å². The zero-order chi connectivity index (χ0) is 16.4. The van der Waals surface area contributed by atoms with Crippen molar-refractivity contribution < 1.29 is 14.0 Å². The monoisotopic (exact) mass is 305 g/mol. The van der Waals surface area contributed by atoms with E-state index >= 15 is 0 Å². The van der Waals surface area contributed by atoms with E-state index in [0.29, 0.717) is 6.61 Å². The molecule has 1 aromatic carbocycles. The zero-order valence-corrected chi connectivity index (χ0v) is 14.7. The van der Waals surface area contributed by atoms with Crippen LogP contribution in [0.4, 0.5) is 0 Å². The van der Waals surface area contributed by atoms with Crippen LogP contribution in [0.3, 0.4) is 0 Å². The zero-order valence-electron chi connectivity index (χ0n) is 14.7. The Hall–Kier alpha value is -1.04. The van der Waals surface area contributed by atoms with Crippen molar-refractivity contribution in [3.8, 4) is 5.75 Å². The van der Waals surface area contributed by atoms with Crippen LogP contribution >= 0.6 is 0 Å². The molecule has 0 N–H and O–H groups in total. The van der Waals surface area contributed by atoms with E-state index in [4.69, 9.17) is 14.0 Å². The van der Waals surface area contributed by atoms with Crippen LogP contribution in [0.25, 0.3) is 0 Å². The number of rotatable bonds is 6. The quantitative estimate of drug-likeness (QED) is 0.596. The molecule has 0 spiro atoms. The molecule has 1 aliphatic rings. The van der Waals surface area contributed by atoms with Gasteiger partial charge in [-0.1, -0.05) is 18.2 Å². The number of para-hydroxylation sites is 1. The number of benzene rings is 1. The summed E-state index contributed by atoms with van der Waals surface area (Å²) < 4.78 is 18.2. The second-order valence-corrected chi connectivity index (χ2v) is 7.13. The van der Waals surface area contributed by atoms with Crippen molar-refractivity contribution in [2.24, 2.45) is 0 Å². The van der Waals surface area contributed by atoms with Gasteiger partial charge in [-0.15, -0.1) is 0 Å². The van der Waals surface area contributed by atoms with Crippen LogP contribution in [0.2, 0.25) is 0 Å². The molecule has 5 heteroatoms. The summed E-state index contributed by atoms with van der Waals surface area (Å²) in [6, 6.07) is 7.97. The fourth-order valence-electron chi connectivity index (χ4n) is 2.34. The molecule has 1 fully saturated rings. The predicted molar refractivity (Wildman–Crippen MR) is 90.8 cm³/mol. The lowest BCUT2D eigenvalue weighted by Gasteiger charge is -2.32. The molecular weight excluding hydrogens is 277 g/mol. The van der Waals surface area contributed by atoms with Gasteiger partial charge in [-0.05, 0) is 54.3 Å². The predicted octanol–water partition coefficient (Wildman–Crippen LogP) is 2.32. The Balaban J connectivity index is 2.06. The lowest BCUT2D eigenvalue weighted by molar-refractivity contribution is 0.00578. The molecule has 4 nitrogen and oxygen atoms in total. The van der Waals surface area contributed by atoms with Gasteiger partial charge in [0.2, 0.25) is 0 Å². The van der Waals surface area contributed by atoms with E-state index in [1.165, 1.54) is 0 Å². The fraction of sp³-hybridized carbons (Fsp3) is 0.647. The molecular formula is C17H28BNO3. The first-order chi connectivity index (χ1) is 10.2. The van der Waals surface area contributed by atoms with Crippen LogP contribution in [0.5, 0.6) is 5.75 Å². The van der Waals surface area contributed by atoms with Crippen LogP contribution in [0, 0.1) is 0 Å². The normalized spacial score (nSPS) is 19.7. The van der Waals surface area contributed by atoms with Crippen molar-refractivity contribution in [3.05, 3.63) is 24.3 Å². The first kappa shape index (κ1) is 17.3. The van der Waals surface area contributed by atoms with Crippen LogP contribution in [0.15, 0.2) is 24.3 Å². The summed E-state index contributed by atoms with van der Waals surface area (Å²) in [7, 11) is 3.76. The van der Waals surface area contributed by atoms with Gasteiger partial charge in [-0.3, -0.25) is 0 Å². The van der Waals surface area contributed by atoms with E-state index in [1.54, 1.807) is 0 Å². The van der Waals surface area contributed by atoms with Crippen molar-refractivity contribution in [2.75, 3.05) is 27.2 Å². The third-order valence-electron chi connectivity index (χ3n) is 4.43. The lowest BCUT2D eigenvalue weighted by atomic mass is 9.78. The van der Waals surface area contributed by atoms with Crippen molar-refractivity contribution in [1.29, 1.82) is 0 Å². The average molecular weight is 305 g/mol. The molecule has 0 saturated carbocycles. The van der Waals surface area contributed by atoms with Crippen molar-refractivity contribution in [3.63, 3.8) is 0 Å². The minimum atomic E-state index is -0.380. The molecule has 0 aromatic heterocycles. The Morgan fingerprint density at radius 1 is 1.05 bits per heavy atom. The summed E-state index contributed by atoms with van der Waals surface area (Å²) in [6.45, 7) is 9.95. The lowest BCUT2D eigenvalue weighted by Crippen LogP contribution is -2.41. The van der Waals surface area contributed by atoms with Crippen LogP contribution in [-0.4, -0.2) is 50.5 Å². The maximum Gasteiger partial charge on any atom is 0.498 e. The minimum absolute atomic E-state index is 0.338. The highest BCUT2D eigenvalue weighted by Gasteiger charge is 2.52.